The van der Waals surface area contributed by atoms with E-state index < -0.39 is 5.97 Å². The Morgan fingerprint density at radius 3 is 2.52 bits per heavy atom. The number of nitrogen functional groups attached to an aromatic ring is 2. The maximum absolute atomic E-state index is 11.5. The summed E-state index contributed by atoms with van der Waals surface area (Å²) < 4.78 is 16.5. The molecule has 2 aromatic rings. The van der Waals surface area contributed by atoms with Crippen LogP contribution in [0.25, 0.3) is 11.3 Å². The van der Waals surface area contributed by atoms with Crippen LogP contribution in [0.4, 0.5) is 11.8 Å². The van der Waals surface area contributed by atoms with Gasteiger partial charge in [-0.25, -0.2) is 9.78 Å². The molecule has 0 spiro atoms. The Kier molecular flexibility index (Phi) is 6.79. The molecule has 1 aromatic carbocycles. The van der Waals surface area contributed by atoms with E-state index >= 15 is 0 Å². The van der Waals surface area contributed by atoms with E-state index in [2.05, 4.69) is 25.9 Å². The molecule has 0 aliphatic carbocycles. The van der Waals surface area contributed by atoms with Crippen LogP contribution in [0.3, 0.4) is 0 Å². The minimum Gasteiger partial charge on any atom is -0.490 e. The van der Waals surface area contributed by atoms with Crippen molar-refractivity contribution >= 4 is 33.7 Å². The number of carbonyl (C=O) groups is 1. The Hall–Kier alpha value is -3.06. The molecule has 0 aliphatic heterocycles. The molecule has 1 heterocycles. The molecule has 142 valence electrons. The largest absolute Gasteiger partial charge is 0.490 e. The lowest BCUT2D eigenvalue weighted by molar-refractivity contribution is -0.145. The summed E-state index contributed by atoms with van der Waals surface area (Å²) in [6, 6.07) is 5.20. The lowest BCUT2D eigenvalue weighted by Gasteiger charge is -2.15. The average Bonchev–Trinajstić information content (AvgIpc) is 2.61. The van der Waals surface area contributed by atoms with Crippen molar-refractivity contribution in [3.63, 3.8) is 0 Å². The van der Waals surface area contributed by atoms with Crippen LogP contribution in [-0.2, 0) is 9.53 Å². The lowest BCUT2D eigenvalue weighted by atomic mass is 10.1. The number of ether oxygens (including phenoxy) is 3. The molecule has 0 radical (unpaired) electrons. The van der Waals surface area contributed by atoms with Gasteiger partial charge in [-0.05, 0) is 41.9 Å². The number of benzene rings is 1. The zero-order valence-electron chi connectivity index (χ0n) is 14.8. The van der Waals surface area contributed by atoms with E-state index in [1.807, 2.05) is 6.07 Å². The quantitative estimate of drug-likeness (QED) is 0.624. The van der Waals surface area contributed by atoms with Crippen molar-refractivity contribution in [2.45, 2.75) is 13.8 Å². The highest BCUT2D eigenvalue weighted by Crippen LogP contribution is 2.40. The molecule has 4 N–H and O–H groups in total. The van der Waals surface area contributed by atoms with Crippen molar-refractivity contribution in [2.24, 2.45) is 0 Å². The molecule has 10 heteroatoms. The fourth-order valence-corrected chi connectivity index (χ4v) is 2.75. The van der Waals surface area contributed by atoms with Gasteiger partial charge in [0, 0.05) is 10.0 Å². The van der Waals surface area contributed by atoms with Gasteiger partial charge in [-0.3, -0.25) is 0 Å². The average molecular weight is 436 g/mol. The van der Waals surface area contributed by atoms with Gasteiger partial charge < -0.3 is 25.7 Å². The maximum atomic E-state index is 11.5. The van der Waals surface area contributed by atoms with Gasteiger partial charge in [-0.2, -0.15) is 10.2 Å². The molecule has 0 aliphatic rings. The molecule has 9 nitrogen and oxygen atoms in total. The summed E-state index contributed by atoms with van der Waals surface area (Å²) >= 11 is 3.42. The number of hydrogen-bond donors (Lipinski definition) is 2. The van der Waals surface area contributed by atoms with Crippen molar-refractivity contribution in [3.8, 4) is 28.8 Å². The van der Waals surface area contributed by atoms with E-state index in [9.17, 15) is 10.1 Å². The standard InChI is InChI=1S/C17H18BrN5O4/c1-3-25-12-5-9(15-10(7-19)16(20)23-17(21)22-15)11(18)6-13(12)27-8-14(24)26-4-2/h5-6H,3-4,8H2,1-2H3,(H4,20,21,22,23). The summed E-state index contributed by atoms with van der Waals surface area (Å²) in [6.07, 6.45) is 0. The first-order valence-electron chi connectivity index (χ1n) is 7.99. The van der Waals surface area contributed by atoms with Crippen molar-refractivity contribution in [1.29, 1.82) is 5.26 Å². The first-order valence-corrected chi connectivity index (χ1v) is 8.78. The second kappa shape index (κ2) is 9.05. The molecule has 0 fully saturated rings. The van der Waals surface area contributed by atoms with Gasteiger partial charge in [0.25, 0.3) is 0 Å². The Morgan fingerprint density at radius 1 is 1.19 bits per heavy atom. The number of nitrogens with zero attached hydrogens (tertiary/aromatic N) is 3. The highest BCUT2D eigenvalue weighted by Gasteiger charge is 2.19. The Balaban J connectivity index is 2.50. The summed E-state index contributed by atoms with van der Waals surface area (Å²) in [5, 5.41) is 9.39. The van der Waals surface area contributed by atoms with Gasteiger partial charge in [0.05, 0.1) is 18.9 Å². The number of halogens is 1. The van der Waals surface area contributed by atoms with E-state index in [0.29, 0.717) is 28.1 Å². The molecule has 0 saturated heterocycles. The van der Waals surface area contributed by atoms with Crippen LogP contribution >= 0.6 is 15.9 Å². The minimum atomic E-state index is -0.497. The third-order valence-electron chi connectivity index (χ3n) is 3.31. The maximum Gasteiger partial charge on any atom is 0.344 e. The van der Waals surface area contributed by atoms with Gasteiger partial charge in [0.2, 0.25) is 5.95 Å². The van der Waals surface area contributed by atoms with E-state index in [-0.39, 0.29) is 36.2 Å². The highest BCUT2D eigenvalue weighted by molar-refractivity contribution is 9.10. The summed E-state index contributed by atoms with van der Waals surface area (Å²) in [7, 11) is 0. The number of hydrogen-bond acceptors (Lipinski definition) is 9. The number of nitrogens with two attached hydrogens (primary N) is 2. The molecule has 0 saturated carbocycles. The molecule has 0 amide bonds. The predicted octanol–water partition coefficient (Wildman–Crippen LogP) is 2.28. The van der Waals surface area contributed by atoms with Crippen LogP contribution in [0.1, 0.15) is 19.4 Å². The lowest BCUT2D eigenvalue weighted by Crippen LogP contribution is -2.15. The number of rotatable bonds is 7. The normalized spacial score (nSPS) is 10.1. The van der Waals surface area contributed by atoms with E-state index in [0.717, 1.165) is 0 Å². The molecular weight excluding hydrogens is 418 g/mol. The Bertz CT molecular complexity index is 898. The Labute approximate surface area is 164 Å². The van der Waals surface area contributed by atoms with Gasteiger partial charge >= 0.3 is 5.97 Å². The molecule has 1 aromatic heterocycles. The first kappa shape index (κ1) is 20.3. The highest BCUT2D eigenvalue weighted by atomic mass is 79.9. The summed E-state index contributed by atoms with van der Waals surface area (Å²) in [5.74, 6) is 0.110. The van der Waals surface area contributed by atoms with Gasteiger partial charge in [0.1, 0.15) is 17.5 Å². The van der Waals surface area contributed by atoms with E-state index in [1.165, 1.54) is 0 Å². The zero-order valence-corrected chi connectivity index (χ0v) is 16.4. The van der Waals surface area contributed by atoms with Crippen LogP contribution in [0.2, 0.25) is 0 Å². The second-order valence-electron chi connectivity index (χ2n) is 5.11. The van der Waals surface area contributed by atoms with Crippen molar-refractivity contribution in [1.82, 2.24) is 9.97 Å². The van der Waals surface area contributed by atoms with Crippen molar-refractivity contribution < 1.29 is 19.0 Å². The number of anilines is 2. The molecular formula is C17H18BrN5O4. The van der Waals surface area contributed by atoms with Crippen LogP contribution in [0.15, 0.2) is 16.6 Å². The van der Waals surface area contributed by atoms with Crippen LogP contribution in [0.5, 0.6) is 11.5 Å². The summed E-state index contributed by atoms with van der Waals surface area (Å²) in [4.78, 5) is 19.5. The van der Waals surface area contributed by atoms with Gasteiger partial charge in [0.15, 0.2) is 18.1 Å². The summed E-state index contributed by atoms with van der Waals surface area (Å²) in [5.41, 5.74) is 12.3. The zero-order chi connectivity index (χ0) is 20.0. The summed E-state index contributed by atoms with van der Waals surface area (Å²) in [6.45, 7) is 3.86. The van der Waals surface area contributed by atoms with Gasteiger partial charge in [-0.15, -0.1) is 0 Å². The molecule has 0 unspecified atom stereocenters. The first-order chi connectivity index (χ1) is 12.9. The van der Waals surface area contributed by atoms with Gasteiger partial charge in [-0.1, -0.05) is 0 Å². The SMILES string of the molecule is CCOC(=O)COc1cc(Br)c(-c2nc(N)nc(N)c2C#N)cc1OCC. The predicted molar refractivity (Wildman–Crippen MR) is 102 cm³/mol. The Morgan fingerprint density at radius 2 is 1.89 bits per heavy atom. The van der Waals surface area contributed by atoms with Crippen LogP contribution in [-0.4, -0.2) is 35.8 Å². The van der Waals surface area contributed by atoms with Crippen LogP contribution in [0, 0.1) is 11.3 Å². The number of esters is 1. The smallest absolute Gasteiger partial charge is 0.344 e. The molecule has 27 heavy (non-hydrogen) atoms. The minimum absolute atomic E-state index is 0.0208. The molecule has 0 atom stereocenters. The monoisotopic (exact) mass is 435 g/mol. The van der Waals surface area contributed by atoms with Crippen molar-refractivity contribution in [2.75, 3.05) is 31.3 Å². The van der Waals surface area contributed by atoms with E-state index in [1.54, 1.807) is 26.0 Å². The van der Waals surface area contributed by atoms with Crippen LogP contribution < -0.4 is 20.9 Å². The number of carbonyl (C=O) groups excluding carboxylic acids is 1. The second-order valence-corrected chi connectivity index (χ2v) is 5.96. The molecule has 2 rings (SSSR count). The fourth-order valence-electron chi connectivity index (χ4n) is 2.24. The van der Waals surface area contributed by atoms with E-state index in [4.69, 9.17) is 25.7 Å². The number of aromatic nitrogens is 2. The van der Waals surface area contributed by atoms with Crippen molar-refractivity contribution in [3.05, 3.63) is 22.2 Å². The fraction of sp³-hybridized carbons (Fsp3) is 0.294. The number of nitriles is 1. The topological polar surface area (TPSA) is 146 Å². The third kappa shape index (κ3) is 4.77. The third-order valence-corrected chi connectivity index (χ3v) is 3.96. The molecule has 0 bridgehead atoms.